The molecule has 0 aromatic heterocycles. The van der Waals surface area contributed by atoms with Gasteiger partial charge in [0.2, 0.25) is 0 Å². The fourth-order valence-corrected chi connectivity index (χ4v) is 2.23. The Morgan fingerprint density at radius 1 is 1.29 bits per heavy atom. The van der Waals surface area contributed by atoms with Crippen molar-refractivity contribution >= 4 is 17.3 Å². The highest BCUT2D eigenvalue weighted by atomic mass is 16.6. The van der Waals surface area contributed by atoms with Gasteiger partial charge in [0, 0.05) is 41.7 Å². The molecule has 2 N–H and O–H groups in total. The molecule has 1 heterocycles. The second kappa shape index (κ2) is 5.93. The van der Waals surface area contributed by atoms with E-state index in [0.717, 1.165) is 5.69 Å². The molecule has 1 fully saturated rings. The van der Waals surface area contributed by atoms with Gasteiger partial charge in [0.15, 0.2) is 0 Å². The molecule has 1 saturated heterocycles. The second-order valence-corrected chi connectivity index (χ2v) is 6.25. The normalized spacial score (nSPS) is 19.6. The number of carbonyl (C=O) groups excluding carboxylic acids is 1. The molecule has 0 aliphatic carbocycles. The van der Waals surface area contributed by atoms with Gasteiger partial charge in [-0.05, 0) is 45.9 Å². The lowest BCUT2D eigenvalue weighted by Crippen LogP contribution is -2.44. The number of nitrogens with two attached hydrogens (primary N) is 1. The van der Waals surface area contributed by atoms with E-state index >= 15 is 0 Å². The number of anilines is 2. The molecular formula is C16H25N3O2. The molecule has 0 radical (unpaired) electrons. The molecule has 0 saturated carbocycles. The summed E-state index contributed by atoms with van der Waals surface area (Å²) in [6.45, 7) is 5.49. The van der Waals surface area contributed by atoms with E-state index in [9.17, 15) is 4.79 Å². The second-order valence-electron chi connectivity index (χ2n) is 6.25. The van der Waals surface area contributed by atoms with Gasteiger partial charge < -0.3 is 20.3 Å². The molecule has 0 atom stereocenters. The van der Waals surface area contributed by atoms with E-state index in [1.165, 1.54) is 4.90 Å². The zero-order chi connectivity index (χ0) is 18.1. The molecule has 2 rings (SSSR count). The van der Waals surface area contributed by atoms with E-state index in [2.05, 4.69) is 4.90 Å². The van der Waals surface area contributed by atoms with Gasteiger partial charge in [0.1, 0.15) is 5.60 Å². The van der Waals surface area contributed by atoms with Crippen LogP contribution in [0.1, 0.15) is 35.2 Å². The predicted octanol–water partition coefficient (Wildman–Crippen LogP) is 1.98. The standard InChI is InChI=1S/C16H25N3O2/c1-16(2,3)21-15(20)13-6-5-12(11-14(13)17)19-9-7-18(4)8-10-19/h5-6,11H,7-10,17H2,1-4H3/i4D3. The van der Waals surface area contributed by atoms with Crippen LogP contribution >= 0.6 is 0 Å². The Morgan fingerprint density at radius 2 is 1.95 bits per heavy atom. The van der Waals surface area contributed by atoms with Crippen LogP contribution in [0.5, 0.6) is 0 Å². The number of ether oxygens (including phenoxy) is 1. The lowest BCUT2D eigenvalue weighted by Gasteiger charge is -2.34. The fraction of sp³-hybridized carbons (Fsp3) is 0.562. The van der Waals surface area contributed by atoms with Crippen molar-refractivity contribution in [1.82, 2.24) is 4.90 Å². The van der Waals surface area contributed by atoms with E-state index in [0.29, 0.717) is 37.4 Å². The summed E-state index contributed by atoms with van der Waals surface area (Å²) in [5, 5.41) is 0. The van der Waals surface area contributed by atoms with Crippen molar-refractivity contribution < 1.29 is 13.6 Å². The van der Waals surface area contributed by atoms with Crippen LogP contribution in [-0.2, 0) is 4.74 Å². The third-order valence-electron chi connectivity index (χ3n) is 3.30. The average molecular weight is 294 g/mol. The number of nitrogen functional groups attached to an aromatic ring is 1. The molecule has 0 spiro atoms. The van der Waals surface area contributed by atoms with Crippen LogP contribution in [0.2, 0.25) is 0 Å². The molecule has 21 heavy (non-hydrogen) atoms. The molecule has 1 aliphatic heterocycles. The molecule has 116 valence electrons. The first kappa shape index (κ1) is 11.9. The Bertz CT molecular complexity index is 604. The average Bonchev–Trinajstić information content (AvgIpc) is 2.44. The first-order valence-electron chi connectivity index (χ1n) is 8.60. The third kappa shape index (κ3) is 4.11. The minimum absolute atomic E-state index is 0.342. The third-order valence-corrected chi connectivity index (χ3v) is 3.30. The van der Waals surface area contributed by atoms with E-state index < -0.39 is 18.5 Å². The number of rotatable bonds is 2. The maximum Gasteiger partial charge on any atom is 0.340 e. The fourth-order valence-electron chi connectivity index (χ4n) is 2.23. The summed E-state index contributed by atoms with van der Waals surface area (Å²) < 4.78 is 27.7. The summed E-state index contributed by atoms with van der Waals surface area (Å²) in [6.07, 6.45) is 0. The smallest absolute Gasteiger partial charge is 0.340 e. The van der Waals surface area contributed by atoms with E-state index in [4.69, 9.17) is 14.6 Å². The summed E-state index contributed by atoms with van der Waals surface area (Å²) in [5.74, 6) is -0.446. The molecule has 1 aromatic carbocycles. The SMILES string of the molecule is [2H]C([2H])([2H])N1CCN(c2ccc(C(=O)OC(C)(C)C)c(N)c2)CC1. The van der Waals surface area contributed by atoms with E-state index in [1.54, 1.807) is 32.9 Å². The van der Waals surface area contributed by atoms with Gasteiger partial charge in [-0.25, -0.2) is 4.79 Å². The summed E-state index contributed by atoms with van der Waals surface area (Å²) in [6, 6.07) is 5.22. The lowest BCUT2D eigenvalue weighted by atomic mass is 10.1. The van der Waals surface area contributed by atoms with Crippen LogP contribution in [0.3, 0.4) is 0 Å². The van der Waals surface area contributed by atoms with Crippen molar-refractivity contribution in [1.29, 1.82) is 0 Å². The Hall–Kier alpha value is -1.75. The Morgan fingerprint density at radius 3 is 2.48 bits per heavy atom. The molecule has 0 amide bonds. The van der Waals surface area contributed by atoms with Crippen molar-refractivity contribution in [2.45, 2.75) is 26.4 Å². The number of esters is 1. The van der Waals surface area contributed by atoms with Gasteiger partial charge in [-0.15, -0.1) is 0 Å². The van der Waals surface area contributed by atoms with Gasteiger partial charge in [-0.2, -0.15) is 0 Å². The maximum atomic E-state index is 12.1. The van der Waals surface area contributed by atoms with Crippen LogP contribution in [0.4, 0.5) is 11.4 Å². The predicted molar refractivity (Wildman–Crippen MR) is 85.7 cm³/mol. The van der Waals surface area contributed by atoms with Crippen molar-refractivity contribution in [2.24, 2.45) is 0 Å². The summed E-state index contributed by atoms with van der Waals surface area (Å²) >= 11 is 0. The van der Waals surface area contributed by atoms with Crippen LogP contribution in [0.25, 0.3) is 0 Å². The number of likely N-dealkylation sites (N-methyl/N-ethyl adjacent to an activating group) is 1. The minimum atomic E-state index is -2.05. The highest BCUT2D eigenvalue weighted by molar-refractivity contribution is 5.96. The first-order chi connectivity index (χ1) is 11.0. The van der Waals surface area contributed by atoms with Gasteiger partial charge in [-0.3, -0.25) is 0 Å². The van der Waals surface area contributed by atoms with Crippen molar-refractivity contribution in [3.8, 4) is 0 Å². The maximum absolute atomic E-state index is 12.1. The van der Waals surface area contributed by atoms with Crippen LogP contribution in [0.15, 0.2) is 18.2 Å². The van der Waals surface area contributed by atoms with Crippen molar-refractivity contribution in [2.75, 3.05) is 43.8 Å². The highest BCUT2D eigenvalue weighted by Gasteiger charge is 2.21. The summed E-state index contributed by atoms with van der Waals surface area (Å²) in [7, 11) is 0. The Labute approximate surface area is 130 Å². The topological polar surface area (TPSA) is 58.8 Å². The minimum Gasteiger partial charge on any atom is -0.456 e. The quantitative estimate of drug-likeness (QED) is 0.667. The van der Waals surface area contributed by atoms with Gasteiger partial charge in [-0.1, -0.05) is 0 Å². The lowest BCUT2D eigenvalue weighted by molar-refractivity contribution is 0.00708. The first-order valence-corrected chi connectivity index (χ1v) is 7.10. The van der Waals surface area contributed by atoms with Gasteiger partial charge in [0.05, 0.1) is 5.56 Å². The molecule has 1 aliphatic rings. The van der Waals surface area contributed by atoms with Crippen LogP contribution < -0.4 is 10.6 Å². The number of benzene rings is 1. The number of hydrogen-bond donors (Lipinski definition) is 1. The molecule has 5 heteroatoms. The van der Waals surface area contributed by atoms with Gasteiger partial charge >= 0.3 is 5.97 Å². The molecule has 0 bridgehead atoms. The van der Waals surface area contributed by atoms with E-state index in [1.807, 2.05) is 6.07 Å². The largest absolute Gasteiger partial charge is 0.456 e. The number of carbonyl (C=O) groups is 1. The van der Waals surface area contributed by atoms with Crippen LogP contribution in [-0.4, -0.2) is 49.6 Å². The summed E-state index contributed by atoms with van der Waals surface area (Å²) in [5.41, 5.74) is 7.02. The molecule has 0 unspecified atom stereocenters. The van der Waals surface area contributed by atoms with Crippen molar-refractivity contribution in [3.05, 3.63) is 23.8 Å². The molecule has 1 aromatic rings. The number of hydrogen-bond acceptors (Lipinski definition) is 5. The van der Waals surface area contributed by atoms with E-state index in [-0.39, 0.29) is 0 Å². The van der Waals surface area contributed by atoms with Gasteiger partial charge in [0.25, 0.3) is 0 Å². The number of piperazine rings is 1. The molecule has 5 nitrogen and oxygen atoms in total. The van der Waals surface area contributed by atoms with Crippen LogP contribution in [0, 0.1) is 0 Å². The monoisotopic (exact) mass is 294 g/mol. The summed E-state index contributed by atoms with van der Waals surface area (Å²) in [4.78, 5) is 15.7. The number of nitrogens with zero attached hydrogens (tertiary/aromatic N) is 2. The highest BCUT2D eigenvalue weighted by Crippen LogP contribution is 2.24. The zero-order valence-corrected chi connectivity index (χ0v) is 12.8. The molecular weight excluding hydrogens is 266 g/mol. The van der Waals surface area contributed by atoms with Crippen molar-refractivity contribution in [3.63, 3.8) is 0 Å². The Kier molecular flexibility index (Phi) is 3.35. The zero-order valence-electron chi connectivity index (χ0n) is 15.8. The Balaban J connectivity index is 2.07.